The summed E-state index contributed by atoms with van der Waals surface area (Å²) in [5, 5.41) is 0. The first kappa shape index (κ1) is 11.5. The zero-order valence-electron chi connectivity index (χ0n) is 13.3. The molecular weight excluding hydrogens is 252 g/mol. The Labute approximate surface area is 129 Å². The van der Waals surface area contributed by atoms with Crippen LogP contribution in [0.4, 0.5) is 0 Å². The molecule has 0 N–H and O–H groups in total. The fourth-order valence-corrected chi connectivity index (χ4v) is 7.25. The second kappa shape index (κ2) is 3.57. The van der Waals surface area contributed by atoms with Gasteiger partial charge in [0.05, 0.1) is 0 Å². The summed E-state index contributed by atoms with van der Waals surface area (Å²) in [5.74, 6) is 14.8. The maximum atomic E-state index is 1.67. The first-order valence-corrected chi connectivity index (χ1v) is 10.4. The molecule has 114 valence electrons. The summed E-state index contributed by atoms with van der Waals surface area (Å²) in [6, 6.07) is 0. The van der Waals surface area contributed by atoms with E-state index in [2.05, 4.69) is 0 Å². The average molecular weight is 282 g/mol. The minimum Gasteiger partial charge on any atom is -0.0499 e. The van der Waals surface area contributed by atoms with Crippen LogP contribution in [0.2, 0.25) is 0 Å². The molecule has 0 heteroatoms. The predicted octanol–water partition coefficient (Wildman–Crippen LogP) is 4.99. The number of rotatable bonds is 6. The van der Waals surface area contributed by atoms with Crippen LogP contribution in [-0.2, 0) is 0 Å². The van der Waals surface area contributed by atoms with Crippen molar-refractivity contribution in [1.29, 1.82) is 0 Å². The summed E-state index contributed by atoms with van der Waals surface area (Å²) in [4.78, 5) is 0. The van der Waals surface area contributed by atoms with E-state index in [0.717, 1.165) is 0 Å². The van der Waals surface area contributed by atoms with Crippen molar-refractivity contribution < 1.29 is 0 Å². The van der Waals surface area contributed by atoms with Crippen LogP contribution in [0, 0.1) is 71.0 Å². The molecule has 7 aliphatic rings. The van der Waals surface area contributed by atoms with Gasteiger partial charge in [-0.2, -0.15) is 0 Å². The van der Waals surface area contributed by atoms with E-state index in [4.69, 9.17) is 0 Å². The van der Waals surface area contributed by atoms with Crippen LogP contribution in [0.15, 0.2) is 0 Å². The lowest BCUT2D eigenvalue weighted by atomic mass is 10.0. The van der Waals surface area contributed by atoms with Crippen molar-refractivity contribution in [2.45, 2.75) is 57.8 Å². The molecular formula is C21H30. The largest absolute Gasteiger partial charge is 0.0499 e. The summed E-state index contributed by atoms with van der Waals surface area (Å²) in [6.45, 7) is 0. The lowest BCUT2D eigenvalue weighted by Crippen LogP contribution is -1.97. The normalized spacial score (nSPS) is 66.9. The molecule has 10 unspecified atom stereocenters. The first-order chi connectivity index (χ1) is 10.4. The van der Waals surface area contributed by atoms with E-state index in [9.17, 15) is 0 Å². The fourth-order valence-electron chi connectivity index (χ4n) is 7.25. The second-order valence-corrected chi connectivity index (χ2v) is 10.5. The monoisotopic (exact) mass is 282 g/mol. The van der Waals surface area contributed by atoms with E-state index < -0.39 is 0 Å². The highest BCUT2D eigenvalue weighted by Crippen LogP contribution is 2.74. The minimum atomic E-state index is 1.22. The highest BCUT2D eigenvalue weighted by atomic mass is 14.7. The van der Waals surface area contributed by atoms with Gasteiger partial charge in [0.1, 0.15) is 0 Å². The van der Waals surface area contributed by atoms with Crippen LogP contribution in [0.1, 0.15) is 57.8 Å². The van der Waals surface area contributed by atoms with Crippen LogP contribution < -0.4 is 0 Å². The van der Waals surface area contributed by atoms with Gasteiger partial charge in [0.25, 0.3) is 0 Å². The summed E-state index contributed by atoms with van der Waals surface area (Å²) >= 11 is 0. The summed E-state index contributed by atoms with van der Waals surface area (Å²) in [6.07, 6.45) is 14.7. The Balaban J connectivity index is 0.929. The summed E-state index contributed by atoms with van der Waals surface area (Å²) in [7, 11) is 0. The van der Waals surface area contributed by atoms with E-state index in [1.54, 1.807) is 57.8 Å². The van der Waals surface area contributed by atoms with Crippen molar-refractivity contribution in [1.82, 2.24) is 0 Å². The van der Waals surface area contributed by atoms with Crippen LogP contribution in [0.3, 0.4) is 0 Å². The van der Waals surface area contributed by atoms with Crippen LogP contribution in [-0.4, -0.2) is 0 Å². The lowest BCUT2D eigenvalue weighted by molar-refractivity contribution is 0.465. The predicted molar refractivity (Wildman–Crippen MR) is 83.4 cm³/mol. The number of hydrogen-bond donors (Lipinski definition) is 0. The van der Waals surface area contributed by atoms with Gasteiger partial charge in [0.15, 0.2) is 0 Å². The molecule has 0 aliphatic heterocycles. The van der Waals surface area contributed by atoms with Gasteiger partial charge in [-0.05, 0) is 129 Å². The minimum absolute atomic E-state index is 1.22. The van der Waals surface area contributed by atoms with Gasteiger partial charge in [-0.1, -0.05) is 0 Å². The summed E-state index contributed by atoms with van der Waals surface area (Å²) < 4.78 is 0. The van der Waals surface area contributed by atoms with E-state index in [1.807, 2.05) is 0 Å². The Kier molecular flexibility index (Phi) is 1.96. The molecule has 0 bridgehead atoms. The molecule has 0 saturated heterocycles. The van der Waals surface area contributed by atoms with Gasteiger partial charge in [0, 0.05) is 0 Å². The van der Waals surface area contributed by atoms with Gasteiger partial charge in [-0.15, -0.1) is 0 Å². The third-order valence-electron chi connectivity index (χ3n) is 9.11. The molecule has 0 spiro atoms. The van der Waals surface area contributed by atoms with Gasteiger partial charge in [-0.25, -0.2) is 0 Å². The van der Waals surface area contributed by atoms with Crippen molar-refractivity contribution >= 4 is 0 Å². The SMILES string of the molecule is C1CC1C1CC1C1CC1C1CC1C1CC1C1CC1C1CC1. The maximum Gasteiger partial charge on any atom is -0.0349 e. The maximum absolute atomic E-state index is 1.67. The molecule has 0 aromatic heterocycles. The molecule has 0 nitrogen and oxygen atoms in total. The molecule has 7 rings (SSSR count). The quantitative estimate of drug-likeness (QED) is 0.644. The molecule has 0 aromatic rings. The topological polar surface area (TPSA) is 0 Å². The molecule has 7 aliphatic carbocycles. The van der Waals surface area contributed by atoms with E-state index >= 15 is 0 Å². The Morgan fingerprint density at radius 1 is 0.286 bits per heavy atom. The smallest absolute Gasteiger partial charge is 0.0349 e. The first-order valence-electron chi connectivity index (χ1n) is 10.4. The molecule has 0 radical (unpaired) electrons. The Morgan fingerprint density at radius 3 is 0.810 bits per heavy atom. The second-order valence-electron chi connectivity index (χ2n) is 10.5. The van der Waals surface area contributed by atoms with Crippen LogP contribution in [0.5, 0.6) is 0 Å². The fraction of sp³-hybridized carbons (Fsp3) is 1.00. The Hall–Kier alpha value is 0. The highest BCUT2D eigenvalue weighted by molar-refractivity contribution is 5.16. The van der Waals surface area contributed by atoms with E-state index in [-0.39, 0.29) is 0 Å². The van der Waals surface area contributed by atoms with Crippen molar-refractivity contribution in [2.75, 3.05) is 0 Å². The Morgan fingerprint density at radius 2 is 0.524 bits per heavy atom. The van der Waals surface area contributed by atoms with E-state index in [0.29, 0.717) is 0 Å². The molecule has 21 heavy (non-hydrogen) atoms. The summed E-state index contributed by atoms with van der Waals surface area (Å²) in [5.41, 5.74) is 0. The molecule has 7 saturated carbocycles. The third kappa shape index (κ3) is 1.80. The van der Waals surface area contributed by atoms with Crippen molar-refractivity contribution in [3.05, 3.63) is 0 Å². The number of hydrogen-bond acceptors (Lipinski definition) is 0. The van der Waals surface area contributed by atoms with Gasteiger partial charge >= 0.3 is 0 Å². The van der Waals surface area contributed by atoms with Crippen LogP contribution in [0.25, 0.3) is 0 Å². The molecule has 0 heterocycles. The molecule has 7 fully saturated rings. The lowest BCUT2D eigenvalue weighted by Gasteiger charge is -2.00. The van der Waals surface area contributed by atoms with Crippen molar-refractivity contribution in [2.24, 2.45) is 71.0 Å². The van der Waals surface area contributed by atoms with E-state index in [1.165, 1.54) is 71.0 Å². The zero-order valence-corrected chi connectivity index (χ0v) is 13.3. The molecule has 0 aromatic carbocycles. The highest BCUT2D eigenvalue weighted by Gasteiger charge is 2.67. The standard InChI is InChI=1S/C21H30/c1-2-10(1)12-5-14(12)16-7-18(16)20-9-21(20)19-8-17(19)15-6-13(15)11-3-4-11/h10-21H,1-9H2. The molecule has 0 amide bonds. The van der Waals surface area contributed by atoms with Crippen molar-refractivity contribution in [3.63, 3.8) is 0 Å². The third-order valence-corrected chi connectivity index (χ3v) is 9.11. The van der Waals surface area contributed by atoms with Gasteiger partial charge < -0.3 is 0 Å². The van der Waals surface area contributed by atoms with Gasteiger partial charge in [-0.3, -0.25) is 0 Å². The molecule has 10 atom stereocenters. The zero-order chi connectivity index (χ0) is 13.3. The van der Waals surface area contributed by atoms with Crippen molar-refractivity contribution in [3.8, 4) is 0 Å². The Bertz CT molecular complexity index is 442. The van der Waals surface area contributed by atoms with Crippen LogP contribution >= 0.6 is 0 Å². The average Bonchev–Trinajstić information content (AvgIpc) is 3.33. The van der Waals surface area contributed by atoms with Gasteiger partial charge in [0.2, 0.25) is 0 Å².